The van der Waals surface area contributed by atoms with Crippen LogP contribution in [0.3, 0.4) is 0 Å². The Bertz CT molecular complexity index is 2020. The van der Waals surface area contributed by atoms with E-state index in [9.17, 15) is 14.4 Å². The lowest BCUT2D eigenvalue weighted by molar-refractivity contribution is -0.143. The number of anilines is 2. The van der Waals surface area contributed by atoms with Crippen LogP contribution in [0.4, 0.5) is 16.3 Å². The van der Waals surface area contributed by atoms with Crippen LogP contribution in [0.25, 0.3) is 10.9 Å². The molecule has 2 amide bonds. The van der Waals surface area contributed by atoms with Crippen molar-refractivity contribution in [2.45, 2.75) is 18.0 Å². The third kappa shape index (κ3) is 6.89. The Kier molecular flexibility index (Phi) is 10.2. The van der Waals surface area contributed by atoms with Crippen LogP contribution in [0.5, 0.6) is 0 Å². The second kappa shape index (κ2) is 15.2. The molecule has 0 saturated heterocycles. The van der Waals surface area contributed by atoms with Crippen molar-refractivity contribution in [3.8, 4) is 0 Å². The van der Waals surface area contributed by atoms with E-state index in [-0.39, 0.29) is 17.9 Å². The summed E-state index contributed by atoms with van der Waals surface area (Å²) in [4.78, 5) is 51.5. The highest BCUT2D eigenvalue weighted by Gasteiger charge is 2.40. The number of benzene rings is 4. The Labute approximate surface area is 288 Å². The van der Waals surface area contributed by atoms with E-state index in [1.165, 1.54) is 26.6 Å². The maximum absolute atomic E-state index is 13.7. The molecule has 6 aromatic rings. The van der Waals surface area contributed by atoms with E-state index >= 15 is 0 Å². The topological polar surface area (TPSA) is 144 Å². The Morgan fingerprint density at radius 2 is 1.26 bits per heavy atom. The maximum Gasteiger partial charge on any atom is 0.360 e. The van der Waals surface area contributed by atoms with Crippen molar-refractivity contribution in [2.24, 2.45) is 0 Å². The van der Waals surface area contributed by atoms with Crippen LogP contribution < -0.4 is 16.0 Å². The van der Waals surface area contributed by atoms with E-state index < -0.39 is 29.6 Å². The van der Waals surface area contributed by atoms with Crippen molar-refractivity contribution in [1.29, 1.82) is 0 Å². The van der Waals surface area contributed by atoms with Crippen LogP contribution in [0.1, 0.15) is 32.7 Å². The lowest BCUT2D eigenvalue weighted by Gasteiger charge is -2.39. The fraction of sp³-hybridized carbons (Fsp3) is 0.128. The molecule has 1 unspecified atom stereocenters. The number of urea groups is 1. The van der Waals surface area contributed by atoms with Crippen molar-refractivity contribution in [1.82, 2.24) is 20.3 Å². The normalized spacial score (nSPS) is 11.7. The van der Waals surface area contributed by atoms with Crippen LogP contribution in [0, 0.1) is 0 Å². The monoisotopic (exact) mass is 666 g/mol. The molecule has 11 nitrogen and oxygen atoms in total. The minimum Gasteiger partial charge on any atom is -0.468 e. The number of fused-ring (bicyclic) bond motifs is 1. The lowest BCUT2D eigenvalue weighted by Crippen LogP contribution is -2.53. The van der Waals surface area contributed by atoms with Crippen LogP contribution in [-0.2, 0) is 26.2 Å². The quantitative estimate of drug-likeness (QED) is 0.110. The van der Waals surface area contributed by atoms with Crippen LogP contribution in [0.2, 0.25) is 0 Å². The summed E-state index contributed by atoms with van der Waals surface area (Å²) in [5.41, 5.74) is 3.47. The average molecular weight is 667 g/mol. The molecule has 2 aromatic heterocycles. The SMILES string of the molecule is COC(=O)c1nccnc1NC(=O)Nc1ccc(CC(NC(c2ccccc2)(c2ccccc2)c2ccccc2)C(=O)OC)c2cccnc12. The van der Waals surface area contributed by atoms with Crippen molar-refractivity contribution >= 4 is 40.4 Å². The molecule has 4 aromatic carbocycles. The summed E-state index contributed by atoms with van der Waals surface area (Å²) in [6.07, 6.45) is 4.53. The van der Waals surface area contributed by atoms with Gasteiger partial charge in [0.1, 0.15) is 6.04 Å². The molecule has 1 atom stereocenters. The maximum atomic E-state index is 13.7. The number of methoxy groups -OCH3 is 2. The first-order chi connectivity index (χ1) is 24.4. The molecule has 11 heteroatoms. The Balaban J connectivity index is 1.37. The number of rotatable bonds is 11. The van der Waals surface area contributed by atoms with Gasteiger partial charge in [-0.3, -0.25) is 20.4 Å². The third-order valence-corrected chi connectivity index (χ3v) is 8.34. The molecule has 50 heavy (non-hydrogen) atoms. The standard InChI is InChI=1S/C39H34N6O5/c1-49-36(46)32(45-39(27-13-6-3-7-14-27,28-15-8-4-9-16-28)29-17-10-5-11-18-29)25-26-20-21-31(33-30(26)19-12-22-40-33)43-38(48)44-35-34(37(47)50-2)41-23-24-42-35/h3-24,32,45H,25H2,1-2H3,(H2,42,43,44,48). The number of nitrogens with zero attached hydrogens (tertiary/aromatic N) is 3. The molecule has 0 radical (unpaired) electrons. The van der Waals surface area contributed by atoms with Crippen LogP contribution in [0.15, 0.2) is 134 Å². The number of amides is 2. The molecule has 0 aliphatic rings. The van der Waals surface area contributed by atoms with Crippen LogP contribution >= 0.6 is 0 Å². The number of hydrogen-bond donors (Lipinski definition) is 3. The van der Waals surface area contributed by atoms with Gasteiger partial charge in [-0.05, 0) is 40.8 Å². The van der Waals surface area contributed by atoms with Crippen molar-refractivity contribution < 1.29 is 23.9 Å². The highest BCUT2D eigenvalue weighted by Crippen LogP contribution is 2.38. The second-order valence-corrected chi connectivity index (χ2v) is 11.3. The molecule has 0 aliphatic heterocycles. The van der Waals surface area contributed by atoms with Crippen molar-refractivity contribution in [3.63, 3.8) is 0 Å². The zero-order valence-electron chi connectivity index (χ0n) is 27.4. The molecule has 6 rings (SSSR count). The number of pyridine rings is 1. The van der Waals surface area contributed by atoms with Gasteiger partial charge in [-0.1, -0.05) is 103 Å². The van der Waals surface area contributed by atoms with Gasteiger partial charge in [0.25, 0.3) is 0 Å². The van der Waals surface area contributed by atoms with Gasteiger partial charge in [0, 0.05) is 24.0 Å². The number of ether oxygens (including phenoxy) is 2. The van der Waals surface area contributed by atoms with Crippen LogP contribution in [-0.4, -0.2) is 53.2 Å². The predicted molar refractivity (Wildman–Crippen MR) is 190 cm³/mol. The fourth-order valence-corrected chi connectivity index (χ4v) is 6.08. The smallest absolute Gasteiger partial charge is 0.360 e. The first-order valence-corrected chi connectivity index (χ1v) is 15.8. The van der Waals surface area contributed by atoms with Gasteiger partial charge in [-0.2, -0.15) is 0 Å². The molecule has 250 valence electrons. The summed E-state index contributed by atoms with van der Waals surface area (Å²) in [5, 5.41) is 9.82. The number of carbonyl (C=O) groups is 3. The van der Waals surface area contributed by atoms with Gasteiger partial charge >= 0.3 is 18.0 Å². The van der Waals surface area contributed by atoms with Gasteiger partial charge in [-0.25, -0.2) is 19.6 Å². The number of esters is 2. The average Bonchev–Trinajstić information content (AvgIpc) is 3.18. The zero-order valence-corrected chi connectivity index (χ0v) is 27.4. The Morgan fingerprint density at radius 3 is 1.84 bits per heavy atom. The molecule has 0 spiro atoms. The summed E-state index contributed by atoms with van der Waals surface area (Å²) in [6.45, 7) is 0. The van der Waals surface area contributed by atoms with E-state index in [2.05, 4.69) is 30.9 Å². The molecular formula is C39H34N6O5. The molecule has 3 N–H and O–H groups in total. The van der Waals surface area contributed by atoms with Crippen molar-refractivity contribution in [2.75, 3.05) is 24.9 Å². The van der Waals surface area contributed by atoms with Crippen molar-refractivity contribution in [3.05, 3.63) is 162 Å². The minimum absolute atomic E-state index is 0.0588. The summed E-state index contributed by atoms with van der Waals surface area (Å²) in [6, 6.07) is 35.8. The van der Waals surface area contributed by atoms with Gasteiger partial charge in [0.2, 0.25) is 0 Å². The molecular weight excluding hydrogens is 632 g/mol. The highest BCUT2D eigenvalue weighted by atomic mass is 16.5. The Morgan fingerprint density at radius 1 is 0.660 bits per heavy atom. The molecule has 2 heterocycles. The predicted octanol–water partition coefficient (Wildman–Crippen LogP) is 6.12. The highest BCUT2D eigenvalue weighted by molar-refractivity contribution is 6.07. The molecule has 0 saturated carbocycles. The number of carbonyl (C=O) groups excluding carboxylic acids is 3. The van der Waals surface area contributed by atoms with E-state index in [0.717, 1.165) is 27.6 Å². The summed E-state index contributed by atoms with van der Waals surface area (Å²) < 4.78 is 10.1. The summed E-state index contributed by atoms with van der Waals surface area (Å²) >= 11 is 0. The largest absolute Gasteiger partial charge is 0.468 e. The molecule has 0 fully saturated rings. The summed E-state index contributed by atoms with van der Waals surface area (Å²) in [7, 11) is 2.59. The van der Waals surface area contributed by atoms with Gasteiger partial charge in [0.05, 0.1) is 31.0 Å². The molecule has 0 aliphatic carbocycles. The first-order valence-electron chi connectivity index (χ1n) is 15.8. The zero-order chi connectivity index (χ0) is 34.9. The van der Waals surface area contributed by atoms with E-state index in [4.69, 9.17) is 9.47 Å². The van der Waals surface area contributed by atoms with E-state index in [0.29, 0.717) is 11.2 Å². The number of hydrogen-bond acceptors (Lipinski definition) is 9. The number of nitrogens with one attached hydrogen (secondary N) is 3. The van der Waals surface area contributed by atoms with E-state index in [1.54, 1.807) is 18.3 Å². The first kappa shape index (κ1) is 33.4. The Hall–Kier alpha value is -6.46. The van der Waals surface area contributed by atoms with Gasteiger partial charge in [0.15, 0.2) is 11.5 Å². The molecule has 0 bridgehead atoms. The van der Waals surface area contributed by atoms with Gasteiger partial charge < -0.3 is 14.8 Å². The third-order valence-electron chi connectivity index (χ3n) is 8.34. The van der Waals surface area contributed by atoms with Gasteiger partial charge in [-0.15, -0.1) is 0 Å². The second-order valence-electron chi connectivity index (χ2n) is 11.3. The van der Waals surface area contributed by atoms with E-state index in [1.807, 2.05) is 103 Å². The number of aromatic nitrogens is 3. The minimum atomic E-state index is -0.931. The fourth-order valence-electron chi connectivity index (χ4n) is 6.08. The summed E-state index contributed by atoms with van der Waals surface area (Å²) in [5.74, 6) is -1.24. The lowest BCUT2D eigenvalue weighted by atomic mass is 9.76.